The number of pyridine rings is 1. The first-order chi connectivity index (χ1) is 15.7. The monoisotopic (exact) mass is 477 g/mol. The van der Waals surface area contributed by atoms with E-state index < -0.39 is 18.0 Å². The van der Waals surface area contributed by atoms with Crippen molar-refractivity contribution < 1.29 is 22.7 Å². The zero-order valence-corrected chi connectivity index (χ0v) is 18.2. The SMILES string of the molecule is C[C@@H]1CCN(c2ncc(C(=O)Nc3ccc(OC(F)(F)F)c(Cl)c3)cc2-c2cncnc2)C1. The van der Waals surface area contributed by atoms with Crippen molar-refractivity contribution in [1.29, 1.82) is 0 Å². The van der Waals surface area contributed by atoms with Crippen LogP contribution in [0.25, 0.3) is 11.1 Å². The summed E-state index contributed by atoms with van der Waals surface area (Å²) in [5.74, 6) is 0.216. The Labute approximate surface area is 192 Å². The number of alkyl halides is 3. The lowest BCUT2D eigenvalue weighted by Crippen LogP contribution is -2.22. The van der Waals surface area contributed by atoms with Crippen molar-refractivity contribution in [3.63, 3.8) is 0 Å². The number of amides is 1. The maximum absolute atomic E-state index is 12.9. The summed E-state index contributed by atoms with van der Waals surface area (Å²) in [4.78, 5) is 27.7. The Balaban J connectivity index is 1.60. The molecule has 0 saturated carbocycles. The third-order valence-corrected chi connectivity index (χ3v) is 5.43. The van der Waals surface area contributed by atoms with Crippen LogP contribution in [0.15, 0.2) is 49.2 Å². The molecule has 0 spiro atoms. The molecule has 1 fully saturated rings. The average Bonchev–Trinajstić information content (AvgIpc) is 3.21. The van der Waals surface area contributed by atoms with Crippen molar-refractivity contribution in [1.82, 2.24) is 15.0 Å². The molecular formula is C22H19ClF3N5O2. The van der Waals surface area contributed by atoms with Crippen LogP contribution in [-0.4, -0.2) is 40.3 Å². The van der Waals surface area contributed by atoms with E-state index in [9.17, 15) is 18.0 Å². The van der Waals surface area contributed by atoms with Crippen molar-refractivity contribution in [2.45, 2.75) is 19.7 Å². The fourth-order valence-corrected chi connectivity index (χ4v) is 3.82. The van der Waals surface area contributed by atoms with Gasteiger partial charge in [-0.15, -0.1) is 13.2 Å². The summed E-state index contributed by atoms with van der Waals surface area (Å²) in [6, 6.07) is 5.18. The van der Waals surface area contributed by atoms with E-state index in [0.29, 0.717) is 17.0 Å². The molecule has 4 rings (SSSR count). The molecule has 2 aromatic heterocycles. The Bertz CT molecular complexity index is 1160. The number of anilines is 2. The molecule has 3 aromatic rings. The molecular weight excluding hydrogens is 459 g/mol. The first-order valence-electron chi connectivity index (χ1n) is 10.1. The highest BCUT2D eigenvalue weighted by molar-refractivity contribution is 6.32. The average molecular weight is 478 g/mol. The van der Waals surface area contributed by atoms with E-state index in [2.05, 4.69) is 36.8 Å². The minimum atomic E-state index is -4.87. The lowest BCUT2D eigenvalue weighted by molar-refractivity contribution is -0.274. The lowest BCUT2D eigenvalue weighted by Gasteiger charge is -2.21. The second-order valence-electron chi connectivity index (χ2n) is 7.71. The Morgan fingerprint density at radius 3 is 2.61 bits per heavy atom. The van der Waals surface area contributed by atoms with Crippen LogP contribution in [-0.2, 0) is 0 Å². The third kappa shape index (κ3) is 5.51. The van der Waals surface area contributed by atoms with Gasteiger partial charge in [0, 0.05) is 48.5 Å². The van der Waals surface area contributed by atoms with Gasteiger partial charge in [0.2, 0.25) is 0 Å². The molecule has 7 nitrogen and oxygen atoms in total. The smallest absolute Gasteiger partial charge is 0.404 e. The number of hydrogen-bond donors (Lipinski definition) is 1. The van der Waals surface area contributed by atoms with Crippen LogP contribution in [0.1, 0.15) is 23.7 Å². The molecule has 1 aliphatic heterocycles. The van der Waals surface area contributed by atoms with Crippen LogP contribution in [0.5, 0.6) is 5.75 Å². The maximum Gasteiger partial charge on any atom is 0.573 e. The van der Waals surface area contributed by atoms with Gasteiger partial charge in [-0.2, -0.15) is 0 Å². The molecule has 3 heterocycles. The molecule has 1 aromatic carbocycles. The number of carbonyl (C=O) groups is 1. The Kier molecular flexibility index (Phi) is 6.37. The lowest BCUT2D eigenvalue weighted by atomic mass is 10.1. The molecule has 0 bridgehead atoms. The molecule has 1 amide bonds. The first-order valence-corrected chi connectivity index (χ1v) is 10.4. The fourth-order valence-electron chi connectivity index (χ4n) is 3.60. The molecule has 33 heavy (non-hydrogen) atoms. The number of nitrogens with zero attached hydrogens (tertiary/aromatic N) is 4. The van der Waals surface area contributed by atoms with Gasteiger partial charge in [-0.3, -0.25) is 4.79 Å². The zero-order valence-electron chi connectivity index (χ0n) is 17.4. The number of carbonyl (C=O) groups excluding carboxylic acids is 1. The van der Waals surface area contributed by atoms with Gasteiger partial charge in [0.1, 0.15) is 17.9 Å². The van der Waals surface area contributed by atoms with Gasteiger partial charge in [0.15, 0.2) is 0 Å². The molecule has 0 aliphatic carbocycles. The third-order valence-electron chi connectivity index (χ3n) is 5.14. The summed E-state index contributed by atoms with van der Waals surface area (Å²) in [5.41, 5.74) is 1.90. The van der Waals surface area contributed by atoms with Crippen LogP contribution in [0.3, 0.4) is 0 Å². The first kappa shape index (κ1) is 22.8. The molecule has 172 valence electrons. The van der Waals surface area contributed by atoms with E-state index in [0.717, 1.165) is 31.4 Å². The highest BCUT2D eigenvalue weighted by Crippen LogP contribution is 2.34. The summed E-state index contributed by atoms with van der Waals surface area (Å²) in [7, 11) is 0. The van der Waals surface area contributed by atoms with Crippen LogP contribution in [0.4, 0.5) is 24.7 Å². The molecule has 11 heteroatoms. The van der Waals surface area contributed by atoms with Crippen LogP contribution in [0, 0.1) is 5.92 Å². The minimum absolute atomic E-state index is 0.210. The largest absolute Gasteiger partial charge is 0.573 e. The van der Waals surface area contributed by atoms with Crippen LogP contribution in [0.2, 0.25) is 5.02 Å². The molecule has 1 N–H and O–H groups in total. The topological polar surface area (TPSA) is 80.2 Å². The summed E-state index contributed by atoms with van der Waals surface area (Å²) < 4.78 is 41.1. The van der Waals surface area contributed by atoms with Gasteiger partial charge in [0.05, 0.1) is 10.6 Å². The van der Waals surface area contributed by atoms with Gasteiger partial charge in [0.25, 0.3) is 5.91 Å². The van der Waals surface area contributed by atoms with Crippen molar-refractivity contribution in [3.8, 4) is 16.9 Å². The van der Waals surface area contributed by atoms with Crippen molar-refractivity contribution in [3.05, 3.63) is 59.8 Å². The van der Waals surface area contributed by atoms with Gasteiger partial charge >= 0.3 is 6.36 Å². The number of nitrogens with one attached hydrogen (secondary N) is 1. The number of halogens is 4. The van der Waals surface area contributed by atoms with Crippen LogP contribution >= 0.6 is 11.6 Å². The number of hydrogen-bond acceptors (Lipinski definition) is 6. The maximum atomic E-state index is 12.9. The Morgan fingerprint density at radius 2 is 1.97 bits per heavy atom. The molecule has 0 radical (unpaired) electrons. The van der Waals surface area contributed by atoms with Crippen LogP contribution < -0.4 is 15.0 Å². The normalized spacial score (nSPS) is 16.0. The van der Waals surface area contributed by atoms with E-state index in [4.69, 9.17) is 11.6 Å². The Morgan fingerprint density at radius 1 is 1.21 bits per heavy atom. The van der Waals surface area contributed by atoms with Gasteiger partial charge in [-0.25, -0.2) is 15.0 Å². The summed E-state index contributed by atoms with van der Waals surface area (Å²) in [6.45, 7) is 3.87. The number of ether oxygens (including phenoxy) is 1. The molecule has 1 atom stereocenters. The predicted octanol–water partition coefficient (Wildman–Crippen LogP) is 5.19. The van der Waals surface area contributed by atoms with Crippen molar-refractivity contribution in [2.24, 2.45) is 5.92 Å². The zero-order chi connectivity index (χ0) is 23.6. The fraction of sp³-hybridized carbons (Fsp3) is 0.273. The van der Waals surface area contributed by atoms with E-state index >= 15 is 0 Å². The van der Waals surface area contributed by atoms with Gasteiger partial charge in [-0.1, -0.05) is 18.5 Å². The number of rotatable bonds is 5. The highest BCUT2D eigenvalue weighted by Gasteiger charge is 2.32. The van der Waals surface area contributed by atoms with E-state index in [1.807, 2.05) is 0 Å². The quantitative estimate of drug-likeness (QED) is 0.545. The molecule has 1 saturated heterocycles. The number of benzene rings is 1. The molecule has 1 aliphatic rings. The number of aromatic nitrogens is 3. The van der Waals surface area contributed by atoms with E-state index in [1.165, 1.54) is 24.7 Å². The second-order valence-corrected chi connectivity index (χ2v) is 8.12. The summed E-state index contributed by atoms with van der Waals surface area (Å²) >= 11 is 5.87. The minimum Gasteiger partial charge on any atom is -0.404 e. The predicted molar refractivity (Wildman–Crippen MR) is 117 cm³/mol. The van der Waals surface area contributed by atoms with Crippen molar-refractivity contribution in [2.75, 3.05) is 23.3 Å². The Hall–Kier alpha value is -3.40. The van der Waals surface area contributed by atoms with E-state index in [-0.39, 0.29) is 16.3 Å². The summed E-state index contributed by atoms with van der Waals surface area (Å²) in [6.07, 6.45) is 2.35. The van der Waals surface area contributed by atoms with E-state index in [1.54, 1.807) is 18.5 Å². The van der Waals surface area contributed by atoms with Gasteiger partial charge in [-0.05, 0) is 36.6 Å². The second kappa shape index (κ2) is 9.22. The summed E-state index contributed by atoms with van der Waals surface area (Å²) in [5, 5.41) is 2.33. The van der Waals surface area contributed by atoms with Crippen molar-refractivity contribution >= 4 is 29.0 Å². The van der Waals surface area contributed by atoms with Gasteiger partial charge < -0.3 is 15.0 Å². The molecule has 0 unspecified atom stereocenters. The standard InChI is InChI=1S/C22H19ClF3N5O2/c1-13-4-5-31(11-13)20-17(15-8-27-12-28-9-15)6-14(10-29-20)21(32)30-16-2-3-19(18(23)7-16)33-22(24,25)26/h2-3,6-10,12-13H,4-5,11H2,1H3,(H,30,32)/t13-/m1/s1. The highest BCUT2D eigenvalue weighted by atomic mass is 35.5.